The Labute approximate surface area is 129 Å². The molecule has 3 rings (SSSR count). The average molecular weight is 340 g/mol. The van der Waals surface area contributed by atoms with Gasteiger partial charge in [-0.15, -0.1) is 0 Å². The van der Waals surface area contributed by atoms with Gasteiger partial charge in [-0.1, -0.05) is 22.0 Å². The smallest absolute Gasteiger partial charge is 0.255 e. The van der Waals surface area contributed by atoms with Crippen LogP contribution in [0.25, 0.3) is 10.9 Å². The van der Waals surface area contributed by atoms with Gasteiger partial charge in [0.2, 0.25) is 0 Å². The van der Waals surface area contributed by atoms with E-state index in [0.717, 1.165) is 15.4 Å². The van der Waals surface area contributed by atoms with E-state index >= 15 is 0 Å². The van der Waals surface area contributed by atoms with Crippen molar-refractivity contribution < 1.29 is 4.79 Å². The lowest BCUT2D eigenvalue weighted by Crippen LogP contribution is -2.12. The van der Waals surface area contributed by atoms with Gasteiger partial charge in [0, 0.05) is 21.7 Å². The maximum Gasteiger partial charge on any atom is 0.255 e. The van der Waals surface area contributed by atoms with E-state index in [1.165, 1.54) is 0 Å². The van der Waals surface area contributed by atoms with E-state index in [2.05, 4.69) is 32.3 Å². The number of hydrogen-bond donors (Lipinski definition) is 2. The van der Waals surface area contributed by atoms with Gasteiger partial charge in [0.15, 0.2) is 0 Å². The van der Waals surface area contributed by atoms with Gasteiger partial charge in [-0.05, 0) is 41.8 Å². The van der Waals surface area contributed by atoms with Crippen LogP contribution in [0.2, 0.25) is 0 Å². The highest BCUT2D eigenvalue weighted by molar-refractivity contribution is 9.10. The average Bonchev–Trinajstić information content (AvgIpc) is 2.94. The summed E-state index contributed by atoms with van der Waals surface area (Å²) in [5.41, 5.74) is 2.35. The molecule has 4 nitrogen and oxygen atoms in total. The van der Waals surface area contributed by atoms with Crippen LogP contribution in [0.1, 0.15) is 15.9 Å². The van der Waals surface area contributed by atoms with Crippen molar-refractivity contribution in [2.24, 2.45) is 0 Å². The molecule has 0 radical (unpaired) electrons. The minimum Gasteiger partial charge on any atom is -0.361 e. The molecule has 0 aliphatic rings. The molecule has 3 aromatic rings. The van der Waals surface area contributed by atoms with Crippen LogP contribution in [0.15, 0.2) is 53.1 Å². The summed E-state index contributed by atoms with van der Waals surface area (Å²) in [6.45, 7) is 0. The molecule has 102 valence electrons. The quantitative estimate of drug-likeness (QED) is 0.739. The Balaban J connectivity index is 1.92. The van der Waals surface area contributed by atoms with Crippen LogP contribution in [0, 0.1) is 11.3 Å². The zero-order chi connectivity index (χ0) is 14.8. The first kappa shape index (κ1) is 13.4. The number of H-pyrrole nitrogens is 1. The molecule has 5 heteroatoms. The SMILES string of the molecule is N#Cc1ccc(Br)cc1NC(=O)c1ccc2cc[nH]c2c1. The standard InChI is InChI=1S/C16H10BrN3O/c17-13-4-3-12(9-18)15(8-13)20-16(21)11-2-1-10-5-6-19-14(10)7-11/h1-8,19H,(H,20,21). The monoisotopic (exact) mass is 339 g/mol. The minimum atomic E-state index is -0.249. The van der Waals surface area contributed by atoms with E-state index < -0.39 is 0 Å². The van der Waals surface area contributed by atoms with E-state index in [4.69, 9.17) is 5.26 Å². The van der Waals surface area contributed by atoms with Gasteiger partial charge in [0.1, 0.15) is 6.07 Å². The number of carbonyl (C=O) groups excluding carboxylic acids is 1. The first-order chi connectivity index (χ1) is 10.2. The summed E-state index contributed by atoms with van der Waals surface area (Å²) in [5, 5.41) is 12.9. The summed E-state index contributed by atoms with van der Waals surface area (Å²) in [6, 6.07) is 14.6. The molecule has 0 saturated heterocycles. The number of nitriles is 1. The van der Waals surface area contributed by atoms with Crippen LogP contribution >= 0.6 is 15.9 Å². The number of aromatic nitrogens is 1. The van der Waals surface area contributed by atoms with Gasteiger partial charge in [-0.2, -0.15) is 5.26 Å². The number of amides is 1. The van der Waals surface area contributed by atoms with Gasteiger partial charge in [0.25, 0.3) is 5.91 Å². The fourth-order valence-corrected chi connectivity index (χ4v) is 2.46. The third-order valence-electron chi connectivity index (χ3n) is 3.17. The predicted octanol–water partition coefficient (Wildman–Crippen LogP) is 4.05. The summed E-state index contributed by atoms with van der Waals surface area (Å²) < 4.78 is 0.802. The fraction of sp³-hybridized carbons (Fsp3) is 0. The van der Waals surface area contributed by atoms with E-state index in [0.29, 0.717) is 16.8 Å². The zero-order valence-corrected chi connectivity index (χ0v) is 12.4. The van der Waals surface area contributed by atoms with E-state index in [1.54, 1.807) is 30.3 Å². The maximum atomic E-state index is 12.3. The molecule has 2 N–H and O–H groups in total. The van der Waals surface area contributed by atoms with E-state index in [1.807, 2.05) is 18.3 Å². The molecule has 0 spiro atoms. The van der Waals surface area contributed by atoms with Crippen molar-refractivity contribution in [1.29, 1.82) is 5.26 Å². The molecule has 0 fully saturated rings. The van der Waals surface area contributed by atoms with Crippen molar-refractivity contribution in [2.75, 3.05) is 5.32 Å². The first-order valence-electron chi connectivity index (χ1n) is 6.25. The van der Waals surface area contributed by atoms with Gasteiger partial charge in [-0.25, -0.2) is 0 Å². The lowest BCUT2D eigenvalue weighted by Gasteiger charge is -2.08. The Morgan fingerprint density at radius 1 is 1.19 bits per heavy atom. The number of carbonyl (C=O) groups is 1. The van der Waals surface area contributed by atoms with Gasteiger partial charge >= 0.3 is 0 Å². The number of hydrogen-bond acceptors (Lipinski definition) is 2. The van der Waals surface area contributed by atoms with Crippen LogP contribution in [0.4, 0.5) is 5.69 Å². The Morgan fingerprint density at radius 2 is 2.05 bits per heavy atom. The molecular weight excluding hydrogens is 330 g/mol. The van der Waals surface area contributed by atoms with Crippen molar-refractivity contribution in [3.05, 3.63) is 64.3 Å². The molecule has 0 atom stereocenters. The van der Waals surface area contributed by atoms with Crippen LogP contribution in [0.5, 0.6) is 0 Å². The number of halogens is 1. The predicted molar refractivity (Wildman–Crippen MR) is 85.1 cm³/mol. The molecular formula is C16H10BrN3O. The van der Waals surface area contributed by atoms with Gasteiger partial charge in [0.05, 0.1) is 11.3 Å². The third-order valence-corrected chi connectivity index (χ3v) is 3.66. The molecule has 1 heterocycles. The highest BCUT2D eigenvalue weighted by Gasteiger charge is 2.10. The summed E-state index contributed by atoms with van der Waals surface area (Å²) in [5.74, 6) is -0.249. The van der Waals surface area contributed by atoms with Crippen LogP contribution < -0.4 is 5.32 Å². The van der Waals surface area contributed by atoms with Crippen molar-refractivity contribution in [3.63, 3.8) is 0 Å². The van der Waals surface area contributed by atoms with Crippen molar-refractivity contribution in [2.45, 2.75) is 0 Å². The summed E-state index contributed by atoms with van der Waals surface area (Å²) in [6.07, 6.45) is 1.83. The second-order valence-corrected chi connectivity index (χ2v) is 5.45. The highest BCUT2D eigenvalue weighted by atomic mass is 79.9. The molecule has 1 aromatic heterocycles. The Kier molecular flexibility index (Phi) is 3.46. The maximum absolute atomic E-state index is 12.3. The Bertz CT molecular complexity index is 877. The van der Waals surface area contributed by atoms with E-state index in [9.17, 15) is 4.79 Å². The second kappa shape index (κ2) is 5.43. The van der Waals surface area contributed by atoms with Crippen molar-refractivity contribution >= 4 is 38.4 Å². The molecule has 0 aliphatic heterocycles. The highest BCUT2D eigenvalue weighted by Crippen LogP contribution is 2.22. The molecule has 21 heavy (non-hydrogen) atoms. The number of nitrogens with zero attached hydrogens (tertiary/aromatic N) is 1. The van der Waals surface area contributed by atoms with Crippen LogP contribution in [-0.4, -0.2) is 10.9 Å². The van der Waals surface area contributed by atoms with Crippen LogP contribution in [-0.2, 0) is 0 Å². The lowest BCUT2D eigenvalue weighted by molar-refractivity contribution is 0.102. The largest absolute Gasteiger partial charge is 0.361 e. The fourth-order valence-electron chi connectivity index (χ4n) is 2.10. The zero-order valence-electron chi connectivity index (χ0n) is 10.9. The summed E-state index contributed by atoms with van der Waals surface area (Å²) in [4.78, 5) is 15.4. The topological polar surface area (TPSA) is 68.7 Å². The van der Waals surface area contributed by atoms with Gasteiger partial charge < -0.3 is 10.3 Å². The first-order valence-corrected chi connectivity index (χ1v) is 7.05. The number of aromatic amines is 1. The molecule has 1 amide bonds. The number of fused-ring (bicyclic) bond motifs is 1. The molecule has 0 saturated carbocycles. The van der Waals surface area contributed by atoms with Crippen molar-refractivity contribution in [1.82, 2.24) is 4.98 Å². The molecule has 0 aliphatic carbocycles. The Morgan fingerprint density at radius 3 is 2.86 bits per heavy atom. The minimum absolute atomic E-state index is 0.249. The lowest BCUT2D eigenvalue weighted by atomic mass is 10.1. The third kappa shape index (κ3) is 2.67. The number of nitrogens with one attached hydrogen (secondary N) is 2. The summed E-state index contributed by atoms with van der Waals surface area (Å²) in [7, 11) is 0. The number of rotatable bonds is 2. The van der Waals surface area contributed by atoms with Crippen molar-refractivity contribution in [3.8, 4) is 6.07 Å². The number of anilines is 1. The molecule has 2 aromatic carbocycles. The Hall–Kier alpha value is -2.58. The molecule has 0 unspecified atom stereocenters. The molecule has 0 bridgehead atoms. The number of benzene rings is 2. The summed E-state index contributed by atoms with van der Waals surface area (Å²) >= 11 is 3.33. The normalized spacial score (nSPS) is 10.3. The second-order valence-electron chi connectivity index (χ2n) is 4.54. The van der Waals surface area contributed by atoms with Gasteiger partial charge in [-0.3, -0.25) is 4.79 Å². The van der Waals surface area contributed by atoms with Crippen LogP contribution in [0.3, 0.4) is 0 Å². The van der Waals surface area contributed by atoms with E-state index in [-0.39, 0.29) is 5.91 Å².